The van der Waals surface area contributed by atoms with E-state index in [0.29, 0.717) is 11.8 Å². The summed E-state index contributed by atoms with van der Waals surface area (Å²) in [6.45, 7) is 6.06. The van der Waals surface area contributed by atoms with Crippen LogP contribution < -0.4 is 10.6 Å². The number of hydrogen-bond donors (Lipinski definition) is 3. The summed E-state index contributed by atoms with van der Waals surface area (Å²) in [6.07, 6.45) is 5.81. The first-order valence-electron chi connectivity index (χ1n) is 9.15. The van der Waals surface area contributed by atoms with Crippen LogP contribution in [0.1, 0.15) is 45.1 Å². The Morgan fingerprint density at radius 1 is 1.24 bits per heavy atom. The zero-order valence-corrected chi connectivity index (χ0v) is 18.5. The molecular weight excluding hydrogens is 445 g/mol. The second-order valence-corrected chi connectivity index (χ2v) is 7.84. The highest BCUT2D eigenvalue weighted by atomic mass is 127. The predicted molar refractivity (Wildman–Crippen MR) is 121 cm³/mol. The van der Waals surface area contributed by atoms with Crippen LogP contribution in [0.3, 0.4) is 0 Å². The first-order valence-corrected chi connectivity index (χ1v) is 10.2. The molecule has 2 rings (SSSR count). The van der Waals surface area contributed by atoms with Crippen LogP contribution in [0.25, 0.3) is 0 Å². The average molecular weight is 477 g/mol. The molecule has 1 saturated carbocycles. The molecule has 0 radical (unpaired) electrons. The van der Waals surface area contributed by atoms with E-state index in [9.17, 15) is 5.11 Å². The summed E-state index contributed by atoms with van der Waals surface area (Å²) in [5, 5.41) is 17.1. The van der Waals surface area contributed by atoms with Crippen LogP contribution in [-0.2, 0) is 6.42 Å². The number of benzene rings is 1. The SMILES string of the molecule is CCNC(=NCCCc1ccc(O)cc1)NC1CCC(SCC)C1.I. The number of hydrogen-bond acceptors (Lipinski definition) is 3. The van der Waals surface area contributed by atoms with Crippen LogP contribution >= 0.6 is 35.7 Å². The fourth-order valence-corrected chi connectivity index (χ4v) is 4.25. The van der Waals surface area contributed by atoms with Crippen LogP contribution in [0, 0.1) is 0 Å². The topological polar surface area (TPSA) is 56.7 Å². The maximum absolute atomic E-state index is 9.31. The van der Waals surface area contributed by atoms with E-state index < -0.39 is 0 Å². The molecule has 1 aliphatic rings. The van der Waals surface area contributed by atoms with Crippen molar-refractivity contribution < 1.29 is 5.11 Å². The number of phenols is 1. The summed E-state index contributed by atoms with van der Waals surface area (Å²) in [4.78, 5) is 4.72. The Morgan fingerprint density at radius 3 is 2.68 bits per heavy atom. The number of thioether (sulfide) groups is 1. The van der Waals surface area contributed by atoms with Crippen LogP contribution in [0.15, 0.2) is 29.3 Å². The van der Waals surface area contributed by atoms with Crippen molar-refractivity contribution >= 4 is 41.7 Å². The molecule has 3 N–H and O–H groups in total. The first kappa shape index (κ1) is 22.4. The van der Waals surface area contributed by atoms with Crippen molar-refractivity contribution in [3.05, 3.63) is 29.8 Å². The zero-order chi connectivity index (χ0) is 17.2. The minimum absolute atomic E-state index is 0. The molecular formula is C19H32IN3OS. The molecule has 0 amide bonds. The molecule has 142 valence electrons. The number of nitrogens with zero attached hydrogens (tertiary/aromatic N) is 1. The van der Waals surface area contributed by atoms with Crippen LogP contribution in [0.4, 0.5) is 0 Å². The van der Waals surface area contributed by atoms with Crippen LogP contribution in [0.5, 0.6) is 5.75 Å². The van der Waals surface area contributed by atoms with E-state index in [0.717, 1.165) is 37.1 Å². The Morgan fingerprint density at radius 2 is 2.00 bits per heavy atom. The Hall–Kier alpha value is -0.630. The van der Waals surface area contributed by atoms with E-state index in [-0.39, 0.29) is 24.0 Å². The minimum Gasteiger partial charge on any atom is -0.508 e. The number of guanidine groups is 1. The van der Waals surface area contributed by atoms with Crippen molar-refractivity contribution in [1.82, 2.24) is 10.6 Å². The van der Waals surface area contributed by atoms with E-state index in [1.54, 1.807) is 12.1 Å². The van der Waals surface area contributed by atoms with E-state index in [1.807, 2.05) is 12.1 Å². The van der Waals surface area contributed by atoms with Crippen molar-refractivity contribution in [1.29, 1.82) is 0 Å². The molecule has 2 atom stereocenters. The summed E-state index contributed by atoms with van der Waals surface area (Å²) in [7, 11) is 0. The fraction of sp³-hybridized carbons (Fsp3) is 0.632. The highest BCUT2D eigenvalue weighted by molar-refractivity contribution is 14.0. The number of aryl methyl sites for hydroxylation is 1. The molecule has 0 spiro atoms. The third-order valence-corrected chi connectivity index (χ3v) is 5.53. The van der Waals surface area contributed by atoms with Crippen molar-refractivity contribution in [3.8, 4) is 5.75 Å². The lowest BCUT2D eigenvalue weighted by Gasteiger charge is -2.17. The number of phenolic OH excluding ortho intramolecular Hbond substituents is 1. The lowest BCUT2D eigenvalue weighted by Crippen LogP contribution is -2.42. The minimum atomic E-state index is 0. The maximum Gasteiger partial charge on any atom is 0.191 e. The van der Waals surface area contributed by atoms with Crippen LogP contribution in [0.2, 0.25) is 0 Å². The Bertz CT molecular complexity index is 510. The van der Waals surface area contributed by atoms with Gasteiger partial charge in [0.15, 0.2) is 5.96 Å². The van der Waals surface area contributed by atoms with Gasteiger partial charge in [-0.25, -0.2) is 0 Å². The Balaban J connectivity index is 0.00000312. The highest BCUT2D eigenvalue weighted by Crippen LogP contribution is 2.29. The monoisotopic (exact) mass is 477 g/mol. The lowest BCUT2D eigenvalue weighted by molar-refractivity contribution is 0.475. The predicted octanol–water partition coefficient (Wildman–Crippen LogP) is 4.17. The molecule has 4 nitrogen and oxygen atoms in total. The smallest absolute Gasteiger partial charge is 0.191 e. The summed E-state index contributed by atoms with van der Waals surface area (Å²) in [5.41, 5.74) is 1.25. The molecule has 1 fully saturated rings. The van der Waals surface area contributed by atoms with Crippen molar-refractivity contribution in [2.45, 2.75) is 57.2 Å². The summed E-state index contributed by atoms with van der Waals surface area (Å²) < 4.78 is 0. The number of nitrogens with one attached hydrogen (secondary N) is 2. The fourth-order valence-electron chi connectivity index (χ4n) is 3.11. The molecule has 6 heteroatoms. The second kappa shape index (κ2) is 12.7. The molecule has 0 aliphatic heterocycles. The molecule has 0 saturated heterocycles. The van der Waals surface area contributed by atoms with Gasteiger partial charge in [-0.2, -0.15) is 11.8 Å². The largest absolute Gasteiger partial charge is 0.508 e. The number of halogens is 1. The molecule has 0 heterocycles. The number of aromatic hydroxyl groups is 1. The van der Waals surface area contributed by atoms with Gasteiger partial charge >= 0.3 is 0 Å². The quantitative estimate of drug-likeness (QED) is 0.228. The van der Waals surface area contributed by atoms with E-state index in [2.05, 4.69) is 36.2 Å². The van der Waals surface area contributed by atoms with Gasteiger partial charge in [-0.05, 0) is 62.5 Å². The highest BCUT2D eigenvalue weighted by Gasteiger charge is 2.24. The van der Waals surface area contributed by atoms with E-state index in [4.69, 9.17) is 4.99 Å². The Kier molecular flexibility index (Phi) is 11.4. The van der Waals surface area contributed by atoms with Gasteiger partial charge in [0.1, 0.15) is 5.75 Å². The van der Waals surface area contributed by atoms with Gasteiger partial charge in [0, 0.05) is 24.4 Å². The van der Waals surface area contributed by atoms with Crippen molar-refractivity contribution in [2.24, 2.45) is 4.99 Å². The summed E-state index contributed by atoms with van der Waals surface area (Å²) in [6, 6.07) is 8.01. The number of rotatable bonds is 8. The summed E-state index contributed by atoms with van der Waals surface area (Å²) in [5.74, 6) is 2.49. The molecule has 0 bridgehead atoms. The van der Waals surface area contributed by atoms with E-state index >= 15 is 0 Å². The van der Waals surface area contributed by atoms with Gasteiger partial charge in [0.05, 0.1) is 0 Å². The Labute approximate surface area is 173 Å². The van der Waals surface area contributed by atoms with Crippen LogP contribution in [-0.4, -0.2) is 41.2 Å². The van der Waals surface area contributed by atoms with Gasteiger partial charge in [0.2, 0.25) is 0 Å². The van der Waals surface area contributed by atoms with Gasteiger partial charge < -0.3 is 15.7 Å². The van der Waals surface area contributed by atoms with Crippen molar-refractivity contribution in [2.75, 3.05) is 18.8 Å². The second-order valence-electron chi connectivity index (χ2n) is 6.26. The zero-order valence-electron chi connectivity index (χ0n) is 15.3. The molecule has 0 aromatic heterocycles. The molecule has 25 heavy (non-hydrogen) atoms. The van der Waals surface area contributed by atoms with Gasteiger partial charge in [-0.1, -0.05) is 19.1 Å². The molecule has 1 aromatic rings. The van der Waals surface area contributed by atoms with Gasteiger partial charge in [-0.15, -0.1) is 24.0 Å². The number of aliphatic imine (C=N–C) groups is 1. The van der Waals surface area contributed by atoms with Gasteiger partial charge in [-0.3, -0.25) is 4.99 Å². The van der Waals surface area contributed by atoms with Crippen molar-refractivity contribution in [3.63, 3.8) is 0 Å². The molecule has 1 aromatic carbocycles. The third-order valence-electron chi connectivity index (χ3n) is 4.30. The normalized spacial score (nSPS) is 20.2. The van der Waals surface area contributed by atoms with E-state index in [1.165, 1.54) is 30.6 Å². The lowest BCUT2D eigenvalue weighted by atomic mass is 10.1. The third kappa shape index (κ3) is 8.53. The maximum atomic E-state index is 9.31. The molecule has 1 aliphatic carbocycles. The van der Waals surface area contributed by atoms with Gasteiger partial charge in [0.25, 0.3) is 0 Å². The first-order chi connectivity index (χ1) is 11.7. The summed E-state index contributed by atoms with van der Waals surface area (Å²) >= 11 is 2.09. The standard InChI is InChI=1S/C19H31N3OS.HI/c1-3-20-19(22-16-9-12-18(14-16)24-4-2)21-13-5-6-15-7-10-17(23)11-8-15;/h7-8,10-11,16,18,23H,3-6,9,12-14H2,1-2H3,(H2,20,21,22);1H. The molecule has 2 unspecified atom stereocenters. The average Bonchev–Trinajstić information content (AvgIpc) is 3.01.